The lowest BCUT2D eigenvalue weighted by molar-refractivity contribution is -0.142. The molecule has 142 valence electrons. The van der Waals surface area contributed by atoms with Gasteiger partial charge in [-0.3, -0.25) is 9.69 Å². The van der Waals surface area contributed by atoms with Crippen LogP contribution in [0.3, 0.4) is 0 Å². The largest absolute Gasteiger partial charge is 0.338 e. The second kappa shape index (κ2) is 7.49. The van der Waals surface area contributed by atoms with E-state index in [-0.39, 0.29) is 0 Å². The van der Waals surface area contributed by atoms with Crippen molar-refractivity contribution in [3.63, 3.8) is 0 Å². The number of hydrogen-bond acceptors (Lipinski definition) is 3. The van der Waals surface area contributed by atoms with Crippen molar-refractivity contribution < 1.29 is 4.79 Å². The molecule has 1 spiro atoms. The summed E-state index contributed by atoms with van der Waals surface area (Å²) in [5.74, 6) is 0.384. The van der Waals surface area contributed by atoms with Gasteiger partial charge in [0.25, 0.3) is 0 Å². The molecule has 3 aliphatic heterocycles. The fourth-order valence-corrected chi connectivity index (χ4v) is 5.20. The first kappa shape index (κ1) is 18.3. The quantitative estimate of drug-likeness (QED) is 0.811. The first-order chi connectivity index (χ1) is 12.5. The Hall–Kier alpha value is -1.10. The molecule has 3 aliphatic rings. The number of rotatable bonds is 3. The van der Waals surface area contributed by atoms with E-state index >= 15 is 0 Å². The highest BCUT2D eigenvalue weighted by Crippen LogP contribution is 2.41. The van der Waals surface area contributed by atoms with Gasteiger partial charge >= 0.3 is 0 Å². The van der Waals surface area contributed by atoms with Crippen molar-refractivity contribution in [2.75, 3.05) is 39.8 Å². The molecule has 3 fully saturated rings. The fourth-order valence-electron chi connectivity index (χ4n) is 5.00. The van der Waals surface area contributed by atoms with Gasteiger partial charge in [-0.15, -0.1) is 0 Å². The summed E-state index contributed by atoms with van der Waals surface area (Å²) in [7, 11) is 2.16. The number of piperidine rings is 2. The van der Waals surface area contributed by atoms with Crippen molar-refractivity contribution in [2.24, 2.45) is 5.41 Å². The highest BCUT2D eigenvalue weighted by atomic mass is 35.5. The first-order valence-electron chi connectivity index (χ1n) is 9.98. The summed E-state index contributed by atoms with van der Waals surface area (Å²) < 4.78 is 0. The van der Waals surface area contributed by atoms with Gasteiger partial charge < -0.3 is 9.80 Å². The Bertz CT molecular complexity index is 656. The maximum absolute atomic E-state index is 12.5. The SMILES string of the molecule is CN1CCC(N2CC3(CCC2=O)CCN(Cc2ccccc2Cl)CC3)C1. The van der Waals surface area contributed by atoms with Gasteiger partial charge in [-0.2, -0.15) is 0 Å². The van der Waals surface area contributed by atoms with Crippen LogP contribution in [-0.2, 0) is 11.3 Å². The molecule has 3 saturated heterocycles. The normalized spacial score (nSPS) is 27.4. The zero-order valence-electron chi connectivity index (χ0n) is 15.8. The number of carbonyl (C=O) groups is 1. The molecule has 0 radical (unpaired) electrons. The van der Waals surface area contributed by atoms with E-state index in [0.29, 0.717) is 17.4 Å². The molecule has 3 heterocycles. The minimum absolute atomic E-state index is 0.339. The Morgan fingerprint density at radius 2 is 1.92 bits per heavy atom. The number of amides is 1. The number of halogens is 1. The van der Waals surface area contributed by atoms with Crippen LogP contribution in [-0.4, -0.2) is 66.4 Å². The molecule has 1 atom stereocenters. The summed E-state index contributed by atoms with van der Waals surface area (Å²) in [6.45, 7) is 6.29. The molecular formula is C21H30ClN3O. The van der Waals surface area contributed by atoms with Crippen molar-refractivity contribution in [2.45, 2.75) is 44.7 Å². The third-order valence-electron chi connectivity index (χ3n) is 6.77. The molecule has 4 nitrogen and oxygen atoms in total. The predicted molar refractivity (Wildman–Crippen MR) is 105 cm³/mol. The molecular weight excluding hydrogens is 346 g/mol. The number of likely N-dealkylation sites (N-methyl/N-ethyl adjacent to an activating group) is 1. The summed E-state index contributed by atoms with van der Waals surface area (Å²) in [5.41, 5.74) is 1.56. The number of hydrogen-bond donors (Lipinski definition) is 0. The highest BCUT2D eigenvalue weighted by molar-refractivity contribution is 6.31. The van der Waals surface area contributed by atoms with Gasteiger partial charge in [0.2, 0.25) is 5.91 Å². The van der Waals surface area contributed by atoms with Gasteiger partial charge in [-0.05, 0) is 69.4 Å². The molecule has 1 aromatic rings. The number of likely N-dealkylation sites (tertiary alicyclic amines) is 3. The Morgan fingerprint density at radius 3 is 2.62 bits per heavy atom. The van der Waals surface area contributed by atoms with Crippen LogP contribution in [0.1, 0.15) is 37.7 Å². The molecule has 5 heteroatoms. The third-order valence-corrected chi connectivity index (χ3v) is 7.14. The van der Waals surface area contributed by atoms with E-state index < -0.39 is 0 Å². The third kappa shape index (κ3) is 3.78. The van der Waals surface area contributed by atoms with E-state index in [0.717, 1.165) is 63.6 Å². The molecule has 1 aromatic carbocycles. The van der Waals surface area contributed by atoms with Crippen molar-refractivity contribution in [1.29, 1.82) is 0 Å². The molecule has 1 amide bonds. The van der Waals surface area contributed by atoms with Crippen LogP contribution >= 0.6 is 11.6 Å². The number of benzene rings is 1. The second-order valence-corrected chi connectivity index (χ2v) is 9.00. The predicted octanol–water partition coefficient (Wildman–Crippen LogP) is 3.25. The van der Waals surface area contributed by atoms with Gasteiger partial charge in [-0.25, -0.2) is 0 Å². The maximum Gasteiger partial charge on any atom is 0.222 e. The monoisotopic (exact) mass is 375 g/mol. The van der Waals surface area contributed by atoms with Crippen LogP contribution in [0, 0.1) is 5.41 Å². The molecule has 0 saturated carbocycles. The van der Waals surface area contributed by atoms with E-state index in [1.165, 1.54) is 18.4 Å². The Morgan fingerprint density at radius 1 is 1.15 bits per heavy atom. The minimum Gasteiger partial charge on any atom is -0.338 e. The van der Waals surface area contributed by atoms with Crippen LogP contribution in [0.25, 0.3) is 0 Å². The molecule has 0 bridgehead atoms. The van der Waals surface area contributed by atoms with Crippen LogP contribution in [0.2, 0.25) is 5.02 Å². The van der Waals surface area contributed by atoms with Crippen LogP contribution in [0.15, 0.2) is 24.3 Å². The summed E-state index contributed by atoms with van der Waals surface area (Å²) in [6, 6.07) is 8.60. The van der Waals surface area contributed by atoms with E-state index in [4.69, 9.17) is 11.6 Å². The van der Waals surface area contributed by atoms with Gasteiger partial charge in [0.1, 0.15) is 0 Å². The first-order valence-corrected chi connectivity index (χ1v) is 10.4. The van der Waals surface area contributed by atoms with Gasteiger partial charge in [0, 0.05) is 37.1 Å². The number of nitrogens with zero attached hydrogens (tertiary/aromatic N) is 3. The van der Waals surface area contributed by atoms with Crippen LogP contribution < -0.4 is 0 Å². The zero-order valence-corrected chi connectivity index (χ0v) is 16.5. The molecule has 0 N–H and O–H groups in total. The Labute approximate surface area is 162 Å². The summed E-state index contributed by atoms with van der Waals surface area (Å²) in [5, 5.41) is 0.868. The summed E-state index contributed by atoms with van der Waals surface area (Å²) in [4.78, 5) is 19.6. The fraction of sp³-hybridized carbons (Fsp3) is 0.667. The lowest BCUT2D eigenvalue weighted by Crippen LogP contribution is -2.54. The van der Waals surface area contributed by atoms with E-state index in [9.17, 15) is 4.79 Å². The molecule has 4 rings (SSSR count). The lowest BCUT2D eigenvalue weighted by Gasteiger charge is -2.49. The van der Waals surface area contributed by atoms with E-state index in [2.05, 4.69) is 33.9 Å². The smallest absolute Gasteiger partial charge is 0.222 e. The van der Waals surface area contributed by atoms with Crippen molar-refractivity contribution >= 4 is 17.5 Å². The topological polar surface area (TPSA) is 26.8 Å². The second-order valence-electron chi connectivity index (χ2n) is 8.59. The van der Waals surface area contributed by atoms with Gasteiger partial charge in [-0.1, -0.05) is 29.8 Å². The molecule has 0 aliphatic carbocycles. The van der Waals surface area contributed by atoms with Crippen LogP contribution in [0.5, 0.6) is 0 Å². The average Bonchev–Trinajstić information content (AvgIpc) is 3.07. The average molecular weight is 376 g/mol. The van der Waals surface area contributed by atoms with Gasteiger partial charge in [0.15, 0.2) is 0 Å². The molecule has 26 heavy (non-hydrogen) atoms. The summed E-state index contributed by atoms with van der Waals surface area (Å²) in [6.07, 6.45) is 5.35. The van der Waals surface area contributed by atoms with Gasteiger partial charge in [0.05, 0.1) is 0 Å². The van der Waals surface area contributed by atoms with Crippen molar-refractivity contribution in [1.82, 2.24) is 14.7 Å². The van der Waals surface area contributed by atoms with Crippen molar-refractivity contribution in [3.05, 3.63) is 34.9 Å². The minimum atomic E-state index is 0.339. The zero-order chi connectivity index (χ0) is 18.1. The Balaban J connectivity index is 1.37. The standard InChI is InChI=1S/C21H30ClN3O/c1-23-11-7-18(15-23)25-16-21(8-6-20(25)26)9-12-24(13-10-21)14-17-4-2-3-5-19(17)22/h2-5,18H,6-16H2,1H3. The molecule has 1 unspecified atom stereocenters. The van der Waals surface area contributed by atoms with Crippen LogP contribution in [0.4, 0.5) is 0 Å². The maximum atomic E-state index is 12.5. The van der Waals surface area contributed by atoms with E-state index in [1.807, 2.05) is 12.1 Å². The highest BCUT2D eigenvalue weighted by Gasteiger charge is 2.43. The molecule has 0 aromatic heterocycles. The Kier molecular flexibility index (Phi) is 5.27. The van der Waals surface area contributed by atoms with Crippen molar-refractivity contribution in [3.8, 4) is 0 Å². The summed E-state index contributed by atoms with van der Waals surface area (Å²) >= 11 is 6.33. The lowest BCUT2D eigenvalue weighted by atomic mass is 9.72. The van der Waals surface area contributed by atoms with E-state index in [1.54, 1.807) is 0 Å². The number of carbonyl (C=O) groups excluding carboxylic acids is 1.